The minimum absolute atomic E-state index is 0.0769. The molecule has 21 heavy (non-hydrogen) atoms. The first-order chi connectivity index (χ1) is 10.1. The molecular formula is C18H24N2O. The number of carbonyl (C=O) groups is 1. The lowest BCUT2D eigenvalue weighted by Gasteiger charge is -2.61. The summed E-state index contributed by atoms with van der Waals surface area (Å²) in [5.41, 5.74) is 5.21. The van der Waals surface area contributed by atoms with E-state index in [-0.39, 0.29) is 16.7 Å². The van der Waals surface area contributed by atoms with Gasteiger partial charge in [0.25, 0.3) is 0 Å². The summed E-state index contributed by atoms with van der Waals surface area (Å²) in [6.07, 6.45) is 6.89. The monoisotopic (exact) mass is 284 g/mol. The fourth-order valence-corrected chi connectivity index (χ4v) is 5.93. The fraction of sp³-hybridized carbons (Fsp3) is 0.611. The molecule has 2 unspecified atom stereocenters. The molecule has 112 valence electrons. The highest BCUT2D eigenvalue weighted by Gasteiger charge is 2.60. The Kier molecular flexibility index (Phi) is 2.74. The van der Waals surface area contributed by atoms with Gasteiger partial charge in [-0.1, -0.05) is 29.8 Å². The number of rotatable bonds is 2. The predicted octanol–water partition coefficient (Wildman–Crippen LogP) is 2.82. The third kappa shape index (κ3) is 1.87. The van der Waals surface area contributed by atoms with Crippen molar-refractivity contribution in [2.75, 3.05) is 0 Å². The van der Waals surface area contributed by atoms with E-state index in [2.05, 4.69) is 36.6 Å². The zero-order chi connectivity index (χ0) is 14.7. The van der Waals surface area contributed by atoms with Crippen LogP contribution in [-0.2, 0) is 10.2 Å². The molecule has 0 saturated heterocycles. The average molecular weight is 284 g/mol. The molecular weight excluding hydrogens is 260 g/mol. The number of hydrazine groups is 1. The van der Waals surface area contributed by atoms with Gasteiger partial charge in [-0.3, -0.25) is 10.2 Å². The van der Waals surface area contributed by atoms with E-state index in [0.717, 1.165) is 19.3 Å². The van der Waals surface area contributed by atoms with E-state index in [0.29, 0.717) is 11.8 Å². The zero-order valence-electron chi connectivity index (χ0n) is 12.7. The van der Waals surface area contributed by atoms with Crippen molar-refractivity contribution < 1.29 is 4.79 Å². The molecule has 1 aromatic rings. The number of hydrogen-bond acceptors (Lipinski definition) is 2. The lowest BCUT2D eigenvalue weighted by atomic mass is 9.42. The van der Waals surface area contributed by atoms with Gasteiger partial charge in [0.15, 0.2) is 0 Å². The Morgan fingerprint density at radius 3 is 2.33 bits per heavy atom. The van der Waals surface area contributed by atoms with Crippen molar-refractivity contribution in [3.05, 3.63) is 35.4 Å². The van der Waals surface area contributed by atoms with Crippen LogP contribution in [0.25, 0.3) is 0 Å². The molecule has 4 fully saturated rings. The topological polar surface area (TPSA) is 55.1 Å². The van der Waals surface area contributed by atoms with Crippen LogP contribution in [0.4, 0.5) is 0 Å². The van der Waals surface area contributed by atoms with Gasteiger partial charge in [-0.2, -0.15) is 0 Å². The van der Waals surface area contributed by atoms with E-state index in [9.17, 15) is 4.79 Å². The Morgan fingerprint density at radius 2 is 1.76 bits per heavy atom. The molecule has 4 bridgehead atoms. The number of benzene rings is 1. The number of aryl methyl sites for hydroxylation is 1. The van der Waals surface area contributed by atoms with Crippen molar-refractivity contribution >= 4 is 5.91 Å². The van der Waals surface area contributed by atoms with Gasteiger partial charge in [0.2, 0.25) is 5.91 Å². The van der Waals surface area contributed by atoms with Gasteiger partial charge >= 0.3 is 0 Å². The number of amides is 1. The Bertz CT molecular complexity index is 563. The summed E-state index contributed by atoms with van der Waals surface area (Å²) in [6, 6.07) is 9.00. The minimum Gasteiger partial charge on any atom is -0.294 e. The molecule has 1 amide bonds. The molecule has 4 saturated carbocycles. The first kappa shape index (κ1) is 13.3. The first-order valence-electron chi connectivity index (χ1n) is 8.13. The standard InChI is InChI=1S/C18H24N2O/c1-12-2-4-15(5-3-12)17-7-13-6-14(8-17)10-18(9-13,11-17)16(21)20-19/h2-5,13-14H,6-11,19H2,1H3,(H,20,21)/t13-,14+,17?,18?. The quantitative estimate of drug-likeness (QED) is 0.498. The molecule has 4 atom stereocenters. The summed E-state index contributed by atoms with van der Waals surface area (Å²) in [5, 5.41) is 0. The van der Waals surface area contributed by atoms with Crippen LogP contribution in [0.1, 0.15) is 49.7 Å². The molecule has 0 aliphatic heterocycles. The van der Waals surface area contributed by atoms with E-state index < -0.39 is 0 Å². The number of carbonyl (C=O) groups excluding carboxylic acids is 1. The van der Waals surface area contributed by atoms with Crippen LogP contribution in [0.15, 0.2) is 24.3 Å². The molecule has 1 aromatic carbocycles. The fourth-order valence-electron chi connectivity index (χ4n) is 5.93. The van der Waals surface area contributed by atoms with E-state index in [4.69, 9.17) is 5.84 Å². The van der Waals surface area contributed by atoms with Crippen molar-refractivity contribution in [2.24, 2.45) is 23.1 Å². The van der Waals surface area contributed by atoms with Gasteiger partial charge < -0.3 is 0 Å². The maximum atomic E-state index is 12.5. The Hall–Kier alpha value is -1.35. The highest BCUT2D eigenvalue weighted by Crippen LogP contribution is 2.65. The lowest BCUT2D eigenvalue weighted by molar-refractivity contribution is -0.149. The summed E-state index contributed by atoms with van der Waals surface area (Å²) in [7, 11) is 0. The second kappa shape index (κ2) is 4.33. The average Bonchev–Trinajstić information content (AvgIpc) is 2.45. The maximum absolute atomic E-state index is 12.5. The van der Waals surface area contributed by atoms with E-state index in [1.807, 2.05) is 0 Å². The second-order valence-electron chi connectivity index (χ2n) is 7.86. The molecule has 0 aromatic heterocycles. The first-order valence-corrected chi connectivity index (χ1v) is 8.13. The van der Waals surface area contributed by atoms with Gasteiger partial charge in [-0.15, -0.1) is 0 Å². The zero-order valence-corrected chi connectivity index (χ0v) is 12.7. The van der Waals surface area contributed by atoms with Crippen LogP contribution in [0.3, 0.4) is 0 Å². The van der Waals surface area contributed by atoms with Gasteiger partial charge in [-0.25, -0.2) is 5.84 Å². The summed E-state index contributed by atoms with van der Waals surface area (Å²) < 4.78 is 0. The summed E-state index contributed by atoms with van der Waals surface area (Å²) in [6.45, 7) is 2.13. The third-order valence-electron chi connectivity index (χ3n) is 6.34. The molecule has 0 radical (unpaired) electrons. The summed E-state index contributed by atoms with van der Waals surface area (Å²) >= 11 is 0. The normalized spacial score (nSPS) is 40.3. The van der Waals surface area contributed by atoms with Crippen molar-refractivity contribution in [3.63, 3.8) is 0 Å². The highest BCUT2D eigenvalue weighted by molar-refractivity contribution is 5.83. The Morgan fingerprint density at radius 1 is 1.14 bits per heavy atom. The van der Waals surface area contributed by atoms with Gasteiger partial charge in [0.05, 0.1) is 5.41 Å². The van der Waals surface area contributed by atoms with Crippen molar-refractivity contribution in [2.45, 2.75) is 50.9 Å². The molecule has 3 heteroatoms. The summed E-state index contributed by atoms with van der Waals surface area (Å²) in [4.78, 5) is 12.5. The molecule has 4 aliphatic carbocycles. The Labute approximate surface area is 126 Å². The molecule has 4 aliphatic rings. The SMILES string of the molecule is Cc1ccc(C23C[C@@H]4C[C@@H](CC(C(=O)NN)(C4)C2)C3)cc1. The maximum Gasteiger partial charge on any atom is 0.240 e. The van der Waals surface area contributed by atoms with Crippen LogP contribution in [0.5, 0.6) is 0 Å². The van der Waals surface area contributed by atoms with Crippen LogP contribution < -0.4 is 11.3 Å². The van der Waals surface area contributed by atoms with Gasteiger partial charge in [-0.05, 0) is 68.3 Å². The molecule has 0 spiro atoms. The minimum atomic E-state index is -0.205. The lowest BCUT2D eigenvalue weighted by Crippen LogP contribution is -2.59. The van der Waals surface area contributed by atoms with Crippen LogP contribution >= 0.6 is 0 Å². The smallest absolute Gasteiger partial charge is 0.240 e. The van der Waals surface area contributed by atoms with Crippen molar-refractivity contribution in [3.8, 4) is 0 Å². The molecule has 5 rings (SSSR count). The Balaban J connectivity index is 1.76. The van der Waals surface area contributed by atoms with Gasteiger partial charge in [0.1, 0.15) is 0 Å². The van der Waals surface area contributed by atoms with Crippen molar-refractivity contribution in [1.82, 2.24) is 5.43 Å². The second-order valence-corrected chi connectivity index (χ2v) is 7.86. The van der Waals surface area contributed by atoms with E-state index in [1.165, 1.54) is 30.4 Å². The van der Waals surface area contributed by atoms with Crippen LogP contribution in [0, 0.1) is 24.2 Å². The summed E-state index contributed by atoms with van der Waals surface area (Å²) in [5.74, 6) is 6.97. The van der Waals surface area contributed by atoms with Crippen molar-refractivity contribution in [1.29, 1.82) is 0 Å². The third-order valence-corrected chi connectivity index (χ3v) is 6.34. The largest absolute Gasteiger partial charge is 0.294 e. The molecule has 3 N–H and O–H groups in total. The van der Waals surface area contributed by atoms with E-state index >= 15 is 0 Å². The predicted molar refractivity (Wildman–Crippen MR) is 82.3 cm³/mol. The van der Waals surface area contributed by atoms with Gasteiger partial charge in [0, 0.05) is 0 Å². The molecule has 0 heterocycles. The number of nitrogens with two attached hydrogens (primary N) is 1. The van der Waals surface area contributed by atoms with E-state index in [1.54, 1.807) is 0 Å². The molecule has 3 nitrogen and oxygen atoms in total. The van der Waals surface area contributed by atoms with Crippen LogP contribution in [-0.4, -0.2) is 5.91 Å². The number of nitrogens with one attached hydrogen (secondary N) is 1. The highest BCUT2D eigenvalue weighted by atomic mass is 16.2. The number of hydrogen-bond donors (Lipinski definition) is 2. The van der Waals surface area contributed by atoms with Crippen LogP contribution in [0.2, 0.25) is 0 Å².